The maximum absolute atomic E-state index is 12.5. The topological polar surface area (TPSA) is 335 Å². The fourth-order valence-electron chi connectivity index (χ4n) is 5.12. The summed E-state index contributed by atoms with van der Waals surface area (Å²) >= 11 is 0. The molecule has 22 nitrogen and oxygen atoms in total. The zero-order chi connectivity index (χ0) is 35.1. The van der Waals surface area contributed by atoms with Gasteiger partial charge in [0.25, 0.3) is 12.1 Å². The zero-order valence-corrected chi connectivity index (χ0v) is 26.6. The fraction of sp³-hybridized carbons (Fsp3) is 0.500. The molecule has 0 radical (unpaired) electrons. The molecule has 5 rings (SSSR count). The lowest BCUT2D eigenvalue weighted by molar-refractivity contribution is -0.765. The number of ketones is 1. The monoisotopic (exact) mass is 720 g/mol. The molecule has 2 unspecified atom stereocenters. The van der Waals surface area contributed by atoms with E-state index in [0.29, 0.717) is 5.56 Å². The number of phosphoric acid groups is 2. The third-order valence-electron chi connectivity index (χ3n) is 7.42. The molecule has 0 spiro atoms. The van der Waals surface area contributed by atoms with Crippen LogP contribution in [0, 0.1) is 0 Å². The SMILES string of the molecule is CC(=O)Cc1cc[n+]([C@@H]2O[C@H](COP(=O)(O)OP(=O)(O)OC[C@H]3O[C@@H](n4cnc5c(N)ncnc54)[C@H](O)[C@@H]3O)[C@@H](O)[C@H]2O)cc1C(N)=O. The van der Waals surface area contributed by atoms with E-state index in [0.717, 1.165) is 6.33 Å². The number of hydrogen-bond donors (Lipinski definition) is 8. The summed E-state index contributed by atoms with van der Waals surface area (Å²) in [5.74, 6) is -1.08. The number of hydrogen-bond acceptors (Lipinski definition) is 17. The van der Waals surface area contributed by atoms with Gasteiger partial charge >= 0.3 is 15.6 Å². The normalized spacial score (nSPS) is 29.9. The molecule has 0 saturated carbocycles. The van der Waals surface area contributed by atoms with Crippen molar-refractivity contribution in [3.8, 4) is 0 Å². The van der Waals surface area contributed by atoms with Crippen LogP contribution in [0.25, 0.3) is 11.2 Å². The number of fused-ring (bicyclic) bond motifs is 1. The van der Waals surface area contributed by atoms with E-state index in [1.54, 1.807) is 0 Å². The maximum atomic E-state index is 12.5. The fourth-order valence-corrected chi connectivity index (χ4v) is 7.21. The van der Waals surface area contributed by atoms with E-state index in [2.05, 4.69) is 19.3 Å². The van der Waals surface area contributed by atoms with Gasteiger partial charge in [-0.15, -0.1) is 0 Å². The van der Waals surface area contributed by atoms with E-state index in [4.69, 9.17) is 30.0 Å². The molecule has 48 heavy (non-hydrogen) atoms. The van der Waals surface area contributed by atoms with Crippen molar-refractivity contribution in [2.45, 2.75) is 62.4 Å². The van der Waals surface area contributed by atoms with Crippen LogP contribution < -0.4 is 16.0 Å². The Kier molecular flexibility index (Phi) is 10.4. The number of nitrogens with two attached hydrogens (primary N) is 2. The second kappa shape index (κ2) is 13.9. The van der Waals surface area contributed by atoms with Crippen LogP contribution >= 0.6 is 15.6 Å². The van der Waals surface area contributed by atoms with Gasteiger partial charge in [-0.25, -0.2) is 24.1 Å². The molecular weight excluding hydrogens is 688 g/mol. The summed E-state index contributed by atoms with van der Waals surface area (Å²) in [6.45, 7) is -0.547. The Labute approximate surface area is 269 Å². The molecule has 262 valence electrons. The molecule has 2 fully saturated rings. The van der Waals surface area contributed by atoms with Gasteiger partial charge in [-0.05, 0) is 12.5 Å². The molecule has 10 atom stereocenters. The average Bonchev–Trinajstić information content (AvgIpc) is 3.65. The highest BCUT2D eigenvalue weighted by atomic mass is 31.3. The van der Waals surface area contributed by atoms with Gasteiger partial charge in [0.1, 0.15) is 53.7 Å². The average molecular weight is 721 g/mol. The second-order valence-corrected chi connectivity index (χ2v) is 13.9. The number of imidazole rings is 1. The van der Waals surface area contributed by atoms with Crippen LogP contribution in [0.1, 0.15) is 35.3 Å². The van der Waals surface area contributed by atoms with Gasteiger partial charge < -0.3 is 51.2 Å². The maximum Gasteiger partial charge on any atom is 0.481 e. The number of aliphatic hydroxyl groups is 4. The summed E-state index contributed by atoms with van der Waals surface area (Å²) in [7, 11) is -10.8. The van der Waals surface area contributed by atoms with Gasteiger partial charge in [-0.1, -0.05) is 0 Å². The number of primary amides is 1. The van der Waals surface area contributed by atoms with Crippen molar-refractivity contribution in [2.24, 2.45) is 5.73 Å². The molecular formula is C24H32N7O15P2+. The number of anilines is 1. The third kappa shape index (κ3) is 7.61. The summed E-state index contributed by atoms with van der Waals surface area (Å²) < 4.78 is 52.2. The zero-order valence-electron chi connectivity index (χ0n) is 24.8. The van der Waals surface area contributed by atoms with E-state index in [-0.39, 0.29) is 34.7 Å². The van der Waals surface area contributed by atoms with Crippen molar-refractivity contribution >= 4 is 44.3 Å². The summed E-state index contributed by atoms with van der Waals surface area (Å²) in [4.78, 5) is 55.5. The van der Waals surface area contributed by atoms with Crippen LogP contribution in [0.4, 0.5) is 5.82 Å². The van der Waals surface area contributed by atoms with Crippen LogP contribution in [-0.4, -0.2) is 111 Å². The number of nitrogen functional groups attached to an aromatic ring is 1. The molecule has 24 heteroatoms. The predicted octanol–water partition coefficient (Wildman–Crippen LogP) is -2.88. The number of aliphatic hydroxyl groups excluding tert-OH is 4. The number of amides is 1. The summed E-state index contributed by atoms with van der Waals surface area (Å²) in [6.07, 6.45) is -7.44. The quantitative estimate of drug-likeness (QED) is 0.0649. The van der Waals surface area contributed by atoms with Crippen molar-refractivity contribution in [3.05, 3.63) is 42.2 Å². The lowest BCUT2D eigenvalue weighted by Gasteiger charge is -2.20. The van der Waals surface area contributed by atoms with Crippen molar-refractivity contribution < 1.29 is 76.3 Å². The van der Waals surface area contributed by atoms with Crippen molar-refractivity contribution in [2.75, 3.05) is 18.9 Å². The largest absolute Gasteiger partial charge is 0.481 e. The molecule has 2 saturated heterocycles. The molecule has 10 N–H and O–H groups in total. The minimum Gasteiger partial charge on any atom is -0.387 e. The van der Waals surface area contributed by atoms with E-state index in [9.17, 15) is 48.9 Å². The Morgan fingerprint density at radius 1 is 0.979 bits per heavy atom. The van der Waals surface area contributed by atoms with Gasteiger partial charge in [0.15, 0.2) is 36.2 Å². The van der Waals surface area contributed by atoms with E-state index in [1.807, 2.05) is 0 Å². The number of rotatable bonds is 13. The van der Waals surface area contributed by atoms with Crippen LogP contribution in [0.15, 0.2) is 31.1 Å². The van der Waals surface area contributed by atoms with Gasteiger partial charge in [0, 0.05) is 12.5 Å². The predicted molar refractivity (Wildman–Crippen MR) is 154 cm³/mol. The number of aromatic nitrogens is 5. The van der Waals surface area contributed by atoms with Crippen molar-refractivity contribution in [1.82, 2.24) is 19.5 Å². The molecule has 0 aromatic carbocycles. The summed E-state index contributed by atoms with van der Waals surface area (Å²) in [5, 5.41) is 42.0. The first-order valence-corrected chi connectivity index (χ1v) is 16.9. The highest BCUT2D eigenvalue weighted by molar-refractivity contribution is 7.61. The van der Waals surface area contributed by atoms with E-state index < -0.39 is 83.8 Å². The number of nitrogens with zero attached hydrogens (tertiary/aromatic N) is 5. The highest BCUT2D eigenvalue weighted by Crippen LogP contribution is 2.60. The van der Waals surface area contributed by atoms with Gasteiger partial charge in [-0.3, -0.25) is 23.2 Å². The first-order valence-electron chi connectivity index (χ1n) is 13.9. The third-order valence-corrected chi connectivity index (χ3v) is 10.0. The first-order chi connectivity index (χ1) is 22.5. The number of Topliss-reactive ketones (excluding diaryl/α,β-unsaturated/α-hetero) is 1. The van der Waals surface area contributed by atoms with Crippen LogP contribution in [0.2, 0.25) is 0 Å². The molecule has 2 aliphatic heterocycles. The van der Waals surface area contributed by atoms with Crippen LogP contribution in [0.5, 0.6) is 0 Å². The van der Waals surface area contributed by atoms with Crippen molar-refractivity contribution in [3.63, 3.8) is 0 Å². The van der Waals surface area contributed by atoms with Crippen molar-refractivity contribution in [1.29, 1.82) is 0 Å². The molecule has 2 aliphatic rings. The molecule has 1 amide bonds. The second-order valence-electron chi connectivity index (χ2n) is 10.9. The lowest BCUT2D eigenvalue weighted by atomic mass is 10.0. The smallest absolute Gasteiger partial charge is 0.387 e. The first kappa shape index (κ1) is 36.0. The Balaban J connectivity index is 1.17. The number of carbonyl (C=O) groups excluding carboxylic acids is 2. The Hall–Kier alpha value is -3.34. The Bertz CT molecular complexity index is 1800. The minimum atomic E-state index is -5.42. The number of carbonyl (C=O) groups is 2. The number of pyridine rings is 1. The van der Waals surface area contributed by atoms with Crippen LogP contribution in [-0.2, 0) is 43.2 Å². The summed E-state index contributed by atoms with van der Waals surface area (Å²) in [5.41, 5.74) is 11.8. The van der Waals surface area contributed by atoms with Crippen LogP contribution in [0.3, 0.4) is 0 Å². The molecule has 0 bridgehead atoms. The van der Waals surface area contributed by atoms with E-state index in [1.165, 1.54) is 40.8 Å². The Morgan fingerprint density at radius 2 is 1.60 bits per heavy atom. The molecule has 3 aromatic rings. The van der Waals surface area contributed by atoms with Gasteiger partial charge in [0.2, 0.25) is 0 Å². The highest BCUT2D eigenvalue weighted by Gasteiger charge is 2.50. The molecule has 0 aliphatic carbocycles. The standard InChI is InChI=1S/C24H31N7O15P2/c1-10(32)4-11-2-3-30(5-12(11)21(26)37)23-18(35)16(33)13(44-23)6-42-47(38,39)46-48(40,41)43-7-14-17(34)19(36)24(45-14)31-9-29-15-20(25)27-8-28-22(15)31/h2-3,5,8-9,13-14,16-19,23-24,33-36H,4,6-7H2,1H3,(H5-,25,26,27,28,37,38,39,40,41)/p+1/t13-,14-,16-,17-,18-,19-,23-,24-/m1/s1. The number of phosphoric ester groups is 2. The van der Waals surface area contributed by atoms with Gasteiger partial charge in [-0.2, -0.15) is 8.88 Å². The minimum absolute atomic E-state index is 0.0418. The number of ether oxygens (including phenoxy) is 2. The van der Waals surface area contributed by atoms with E-state index >= 15 is 0 Å². The van der Waals surface area contributed by atoms with Gasteiger partial charge in [0.05, 0.1) is 19.5 Å². The summed E-state index contributed by atoms with van der Waals surface area (Å²) in [6, 6.07) is 1.39. The molecule has 5 heterocycles. The Morgan fingerprint density at radius 3 is 2.23 bits per heavy atom. The molecule has 3 aromatic heterocycles. The lowest BCUT2D eigenvalue weighted by Crippen LogP contribution is -2.46.